The molecule has 414 valence electrons. The first-order chi connectivity index (χ1) is 43.3. The fraction of sp³-hybridized carbons (Fsp3) is 0.0488. The van der Waals surface area contributed by atoms with Crippen molar-refractivity contribution in [3.63, 3.8) is 0 Å². The molecule has 0 N–H and O–H groups in total. The second-order valence-corrected chi connectivity index (χ2v) is 24.1. The van der Waals surface area contributed by atoms with Crippen molar-refractivity contribution in [2.75, 3.05) is 9.80 Å². The van der Waals surface area contributed by atoms with Crippen molar-refractivity contribution in [2.24, 2.45) is 0 Å². The van der Waals surface area contributed by atoms with Crippen LogP contribution in [0.15, 0.2) is 264 Å². The third-order valence-electron chi connectivity index (χ3n) is 19.3. The highest BCUT2D eigenvalue weighted by atomic mass is 16.3. The van der Waals surface area contributed by atoms with Crippen molar-refractivity contribution >= 4 is 154 Å². The Morgan fingerprint density at radius 2 is 0.591 bits per heavy atom. The van der Waals surface area contributed by atoms with Gasteiger partial charge in [0, 0.05) is 98.5 Å². The normalized spacial score (nSPS) is 12.3. The van der Waals surface area contributed by atoms with Crippen molar-refractivity contribution in [3.8, 4) is 22.3 Å². The van der Waals surface area contributed by atoms with E-state index in [1.54, 1.807) is 0 Å². The van der Waals surface area contributed by atoms with Gasteiger partial charge in [-0.25, -0.2) is 0 Å². The van der Waals surface area contributed by atoms with Crippen LogP contribution in [0.2, 0.25) is 0 Å². The third-order valence-corrected chi connectivity index (χ3v) is 19.3. The molecule has 0 aliphatic heterocycles. The molecule has 0 bridgehead atoms. The summed E-state index contributed by atoms with van der Waals surface area (Å²) < 4.78 is 19.4. The van der Waals surface area contributed by atoms with E-state index in [4.69, 9.17) is 8.83 Å². The van der Waals surface area contributed by atoms with E-state index in [1.165, 1.54) is 98.4 Å². The van der Waals surface area contributed by atoms with Crippen LogP contribution in [0, 0.1) is 27.7 Å². The summed E-state index contributed by atoms with van der Waals surface area (Å²) in [5, 5.41) is 14.2. The Bertz CT molecular complexity index is 5740. The molecule has 19 aromatic rings. The zero-order valence-corrected chi connectivity index (χ0v) is 48.9. The van der Waals surface area contributed by atoms with Gasteiger partial charge in [-0.1, -0.05) is 182 Å². The lowest BCUT2D eigenvalue weighted by Gasteiger charge is -2.27. The zero-order chi connectivity index (χ0) is 58.2. The van der Waals surface area contributed by atoms with Gasteiger partial charge in [-0.05, 0) is 134 Å². The van der Waals surface area contributed by atoms with Crippen LogP contribution < -0.4 is 9.80 Å². The maximum atomic E-state index is 7.19. The number of fused-ring (bicyclic) bond motifs is 18. The van der Waals surface area contributed by atoms with Crippen molar-refractivity contribution in [1.82, 2.24) is 8.80 Å². The fourth-order valence-electron chi connectivity index (χ4n) is 15.3. The summed E-state index contributed by atoms with van der Waals surface area (Å²) in [4.78, 5) is 4.80. The third kappa shape index (κ3) is 6.66. The smallest absolute Gasteiger partial charge is 0.159 e. The molecule has 6 heteroatoms. The molecular formula is C82H54N4O2. The molecule has 0 aliphatic rings. The highest BCUT2D eigenvalue weighted by Gasteiger charge is 2.29. The molecule has 0 aliphatic carbocycles. The van der Waals surface area contributed by atoms with Gasteiger partial charge in [0.1, 0.15) is 11.2 Å². The average molecular weight is 1130 g/mol. The molecule has 88 heavy (non-hydrogen) atoms. The number of rotatable bonds is 8. The standard InChI is InChI=1S/C82H54N4O2/c1-47-19-11-13-25-55(47)61-31-17-33-63-65-39-35-49(3)75(81(65)87-79(61)63)83(51-21-7-5-8-22-51)53-37-41-71-67(43-53)57-27-15-29-59-69-46-74-70(45-73(69)85(71)77(57)59)60-30-16-28-58-68-44-54(38-42-72(68)86(74)78(58)60)84(52-23-9-6-10-24-52)76-50(4)36-40-66-64-34-18-32-62(80(64)88-82(66)76)56-26-14-12-20-48(56)2/h5-46H,1-4H3. The highest BCUT2D eigenvalue weighted by molar-refractivity contribution is 6.29. The summed E-state index contributed by atoms with van der Waals surface area (Å²) in [6.07, 6.45) is 0. The molecule has 13 aromatic carbocycles. The van der Waals surface area contributed by atoms with Crippen molar-refractivity contribution < 1.29 is 8.83 Å². The summed E-state index contributed by atoms with van der Waals surface area (Å²) in [5.74, 6) is 0. The lowest BCUT2D eigenvalue weighted by molar-refractivity contribution is 0.669. The zero-order valence-electron chi connectivity index (χ0n) is 48.9. The van der Waals surface area contributed by atoms with Gasteiger partial charge in [0.25, 0.3) is 0 Å². The molecule has 19 rings (SSSR count). The quantitative estimate of drug-likeness (QED) is 0.152. The summed E-state index contributed by atoms with van der Waals surface area (Å²) in [6.45, 7) is 8.75. The van der Waals surface area contributed by atoms with Gasteiger partial charge in [0.05, 0.1) is 44.5 Å². The average Bonchev–Trinajstić information content (AvgIpc) is 1.54. The van der Waals surface area contributed by atoms with E-state index in [0.29, 0.717) is 0 Å². The van der Waals surface area contributed by atoms with Crippen LogP contribution in [0.3, 0.4) is 0 Å². The van der Waals surface area contributed by atoms with E-state index in [-0.39, 0.29) is 0 Å². The molecule has 6 aromatic heterocycles. The number of hydrogen-bond donors (Lipinski definition) is 0. The number of benzene rings is 13. The number of anilines is 6. The number of aromatic nitrogens is 2. The molecule has 0 atom stereocenters. The van der Waals surface area contributed by atoms with Gasteiger partial charge in [0.15, 0.2) is 11.2 Å². The van der Waals surface area contributed by atoms with Gasteiger partial charge in [-0.3, -0.25) is 0 Å². The molecular weight excluding hydrogens is 1070 g/mol. The maximum Gasteiger partial charge on any atom is 0.159 e. The van der Waals surface area contributed by atoms with E-state index >= 15 is 0 Å². The number of para-hydroxylation sites is 6. The molecule has 0 saturated heterocycles. The largest absolute Gasteiger partial charge is 0.453 e. The Labute approximate surface area is 505 Å². The van der Waals surface area contributed by atoms with Crippen LogP contribution in [0.5, 0.6) is 0 Å². The van der Waals surface area contributed by atoms with E-state index in [1.807, 2.05) is 0 Å². The molecule has 0 fully saturated rings. The van der Waals surface area contributed by atoms with Crippen molar-refractivity contribution in [1.29, 1.82) is 0 Å². The van der Waals surface area contributed by atoms with Gasteiger partial charge in [0.2, 0.25) is 0 Å². The van der Waals surface area contributed by atoms with Crippen molar-refractivity contribution in [2.45, 2.75) is 27.7 Å². The van der Waals surface area contributed by atoms with E-state index < -0.39 is 0 Å². The fourth-order valence-corrected chi connectivity index (χ4v) is 15.3. The Morgan fingerprint density at radius 3 is 1.01 bits per heavy atom. The molecule has 0 unspecified atom stereocenters. The van der Waals surface area contributed by atoms with Gasteiger partial charge in [-0.15, -0.1) is 0 Å². The van der Waals surface area contributed by atoms with Crippen LogP contribution in [0.25, 0.3) is 142 Å². The summed E-state index contributed by atoms with van der Waals surface area (Å²) >= 11 is 0. The first-order valence-electron chi connectivity index (χ1n) is 30.4. The first-order valence-corrected chi connectivity index (χ1v) is 30.4. The highest BCUT2D eigenvalue weighted by Crippen LogP contribution is 2.52. The second-order valence-electron chi connectivity index (χ2n) is 24.1. The summed E-state index contributed by atoms with van der Waals surface area (Å²) in [5.41, 5.74) is 26.4. The SMILES string of the molecule is Cc1ccccc1-c1cccc2c1oc1c(N(c3ccccc3)c3ccc4c(c3)c3cccc5c6cc7c(cc6n4c35)c3cccc4c5cc(N(c6ccccc6)c6c(C)ccc8c6oc6c(-c9ccccc9C)cccc68)ccc5n7c43)c(C)ccc12. The second kappa shape index (κ2) is 18.1. The molecule has 0 spiro atoms. The molecule has 0 amide bonds. The van der Waals surface area contributed by atoms with Crippen LogP contribution >= 0.6 is 0 Å². The van der Waals surface area contributed by atoms with Gasteiger partial charge < -0.3 is 27.4 Å². The van der Waals surface area contributed by atoms with Crippen LogP contribution in [-0.4, -0.2) is 8.80 Å². The summed E-state index contributed by atoms with van der Waals surface area (Å²) in [7, 11) is 0. The minimum atomic E-state index is 0.872. The Balaban J connectivity index is 0.782. The number of furan rings is 2. The van der Waals surface area contributed by atoms with Gasteiger partial charge >= 0.3 is 0 Å². The monoisotopic (exact) mass is 1130 g/mol. The Morgan fingerprint density at radius 1 is 0.239 bits per heavy atom. The van der Waals surface area contributed by atoms with Crippen LogP contribution in [0.4, 0.5) is 34.1 Å². The topological polar surface area (TPSA) is 41.6 Å². The minimum Gasteiger partial charge on any atom is -0.453 e. The Hall–Kier alpha value is -11.3. The van der Waals surface area contributed by atoms with E-state index in [9.17, 15) is 0 Å². The number of nitrogens with zero attached hydrogens (tertiary/aromatic N) is 4. The van der Waals surface area contributed by atoms with Gasteiger partial charge in [-0.2, -0.15) is 0 Å². The van der Waals surface area contributed by atoms with E-state index in [2.05, 4.69) is 301 Å². The molecule has 0 saturated carbocycles. The molecule has 0 radical (unpaired) electrons. The van der Waals surface area contributed by atoms with E-state index in [0.717, 1.165) is 100 Å². The number of hydrogen-bond acceptors (Lipinski definition) is 4. The number of aryl methyl sites for hydroxylation is 4. The Kier molecular flexibility index (Phi) is 10.1. The van der Waals surface area contributed by atoms with Crippen molar-refractivity contribution in [3.05, 3.63) is 277 Å². The lowest BCUT2D eigenvalue weighted by Crippen LogP contribution is -2.11. The first kappa shape index (κ1) is 49.0. The summed E-state index contributed by atoms with van der Waals surface area (Å²) in [6, 6.07) is 93.4. The lowest BCUT2D eigenvalue weighted by atomic mass is 9.98. The molecule has 6 heterocycles. The molecule has 6 nitrogen and oxygen atoms in total. The predicted octanol–water partition coefficient (Wildman–Crippen LogP) is 23.3. The van der Waals surface area contributed by atoms with Crippen LogP contribution in [0.1, 0.15) is 22.3 Å². The predicted molar refractivity (Wildman–Crippen MR) is 370 cm³/mol. The maximum absolute atomic E-state index is 7.19. The van der Waals surface area contributed by atoms with Crippen LogP contribution in [-0.2, 0) is 0 Å². The minimum absolute atomic E-state index is 0.872.